The van der Waals surface area contributed by atoms with Crippen LogP contribution in [0.15, 0.2) is 0 Å². The van der Waals surface area contributed by atoms with Crippen molar-refractivity contribution in [3.63, 3.8) is 0 Å². The number of hydrogen-bond donors (Lipinski definition) is 1. The maximum Gasteiger partial charge on any atom is 0.227 e. The molecule has 0 aromatic heterocycles. The number of rotatable bonds is 10. The van der Waals surface area contributed by atoms with Gasteiger partial charge in [-0.05, 0) is 19.3 Å². The van der Waals surface area contributed by atoms with Gasteiger partial charge in [0.2, 0.25) is 5.91 Å². The van der Waals surface area contributed by atoms with E-state index in [4.69, 9.17) is 15.2 Å². The smallest absolute Gasteiger partial charge is 0.227 e. The molecule has 0 aliphatic heterocycles. The van der Waals surface area contributed by atoms with Crippen LogP contribution in [-0.2, 0) is 14.3 Å². The molecule has 0 fully saturated rings. The highest BCUT2D eigenvalue weighted by Gasteiger charge is 2.27. The molecule has 114 valence electrons. The predicted octanol–water partition coefficient (Wildman–Crippen LogP) is 1.12. The van der Waals surface area contributed by atoms with Gasteiger partial charge >= 0.3 is 0 Å². The number of amides is 1. The second-order valence-corrected chi connectivity index (χ2v) is 5.39. The van der Waals surface area contributed by atoms with Gasteiger partial charge in [-0.3, -0.25) is 4.79 Å². The third-order valence-corrected chi connectivity index (χ3v) is 3.15. The zero-order valence-corrected chi connectivity index (χ0v) is 13.0. The fraction of sp³-hybridized carbons (Fsp3) is 0.929. The number of carbonyl (C=O) groups is 1. The van der Waals surface area contributed by atoms with E-state index in [0.29, 0.717) is 32.2 Å². The topological polar surface area (TPSA) is 64.8 Å². The molecule has 19 heavy (non-hydrogen) atoms. The Kier molecular flexibility index (Phi) is 9.83. The zero-order chi connectivity index (χ0) is 14.8. The second-order valence-electron chi connectivity index (χ2n) is 5.39. The van der Waals surface area contributed by atoms with E-state index >= 15 is 0 Å². The molecule has 0 heterocycles. The molecular weight excluding hydrogens is 244 g/mol. The monoisotopic (exact) mass is 274 g/mol. The Labute approximate surface area is 117 Å². The molecule has 2 atom stereocenters. The SMILES string of the molecule is COCCN(C(=O)C(CN)CC(C)C)C(C)COC. The van der Waals surface area contributed by atoms with Crippen molar-refractivity contribution < 1.29 is 14.3 Å². The average molecular weight is 274 g/mol. The maximum atomic E-state index is 12.6. The van der Waals surface area contributed by atoms with Crippen molar-refractivity contribution in [2.45, 2.75) is 33.2 Å². The maximum absolute atomic E-state index is 12.6. The van der Waals surface area contributed by atoms with Crippen molar-refractivity contribution in [2.75, 3.05) is 40.5 Å². The first kappa shape index (κ1) is 18.4. The summed E-state index contributed by atoms with van der Waals surface area (Å²) in [6.45, 7) is 8.21. The molecule has 0 aliphatic carbocycles. The molecule has 0 aromatic rings. The molecule has 0 bridgehead atoms. The number of hydrogen-bond acceptors (Lipinski definition) is 4. The van der Waals surface area contributed by atoms with Crippen LogP contribution in [0.1, 0.15) is 27.2 Å². The number of nitrogens with two attached hydrogens (primary N) is 1. The van der Waals surface area contributed by atoms with Gasteiger partial charge in [-0.15, -0.1) is 0 Å². The summed E-state index contributed by atoms with van der Waals surface area (Å²) in [6.07, 6.45) is 0.818. The Morgan fingerprint density at radius 3 is 2.26 bits per heavy atom. The van der Waals surface area contributed by atoms with Crippen molar-refractivity contribution in [3.05, 3.63) is 0 Å². The van der Waals surface area contributed by atoms with Crippen LogP contribution < -0.4 is 5.73 Å². The molecule has 0 radical (unpaired) electrons. The van der Waals surface area contributed by atoms with Crippen LogP contribution in [0.25, 0.3) is 0 Å². The van der Waals surface area contributed by atoms with E-state index in [-0.39, 0.29) is 17.9 Å². The normalized spacial score (nSPS) is 14.5. The van der Waals surface area contributed by atoms with Crippen molar-refractivity contribution in [2.24, 2.45) is 17.6 Å². The summed E-state index contributed by atoms with van der Waals surface area (Å²) < 4.78 is 10.2. The summed E-state index contributed by atoms with van der Waals surface area (Å²) in [4.78, 5) is 14.4. The summed E-state index contributed by atoms with van der Waals surface area (Å²) in [7, 11) is 3.28. The fourth-order valence-corrected chi connectivity index (χ4v) is 2.17. The first-order valence-electron chi connectivity index (χ1n) is 6.96. The van der Waals surface area contributed by atoms with E-state index in [1.807, 2.05) is 11.8 Å². The summed E-state index contributed by atoms with van der Waals surface area (Å²) in [5, 5.41) is 0. The van der Waals surface area contributed by atoms with E-state index in [0.717, 1.165) is 6.42 Å². The van der Waals surface area contributed by atoms with E-state index in [1.54, 1.807) is 14.2 Å². The quantitative estimate of drug-likeness (QED) is 0.648. The van der Waals surface area contributed by atoms with E-state index in [1.165, 1.54) is 0 Å². The van der Waals surface area contributed by atoms with Gasteiger partial charge in [0, 0.05) is 27.3 Å². The van der Waals surface area contributed by atoms with Gasteiger partial charge in [-0.2, -0.15) is 0 Å². The van der Waals surface area contributed by atoms with Gasteiger partial charge in [0.25, 0.3) is 0 Å². The summed E-state index contributed by atoms with van der Waals surface area (Å²) in [5.41, 5.74) is 5.75. The van der Waals surface area contributed by atoms with Crippen molar-refractivity contribution in [3.8, 4) is 0 Å². The van der Waals surface area contributed by atoms with Gasteiger partial charge in [0.1, 0.15) is 0 Å². The minimum absolute atomic E-state index is 0.0360. The van der Waals surface area contributed by atoms with E-state index < -0.39 is 0 Å². The number of ether oxygens (including phenoxy) is 2. The molecule has 2 N–H and O–H groups in total. The fourth-order valence-electron chi connectivity index (χ4n) is 2.17. The molecule has 1 amide bonds. The van der Waals surface area contributed by atoms with Crippen LogP contribution in [0.3, 0.4) is 0 Å². The van der Waals surface area contributed by atoms with Gasteiger partial charge < -0.3 is 20.1 Å². The third kappa shape index (κ3) is 6.89. The van der Waals surface area contributed by atoms with Crippen LogP contribution in [-0.4, -0.2) is 57.4 Å². The van der Waals surface area contributed by atoms with Crippen molar-refractivity contribution >= 4 is 5.91 Å². The van der Waals surface area contributed by atoms with Crippen molar-refractivity contribution in [1.29, 1.82) is 0 Å². The summed E-state index contributed by atoms with van der Waals surface area (Å²) in [6, 6.07) is 0.0360. The lowest BCUT2D eigenvalue weighted by molar-refractivity contribution is -0.139. The average Bonchev–Trinajstić information content (AvgIpc) is 2.36. The Bertz CT molecular complexity index is 247. The molecule has 0 aliphatic rings. The van der Waals surface area contributed by atoms with Crippen molar-refractivity contribution in [1.82, 2.24) is 4.90 Å². The molecule has 2 unspecified atom stereocenters. The summed E-state index contributed by atoms with van der Waals surface area (Å²) in [5.74, 6) is 0.452. The van der Waals surface area contributed by atoms with Crippen LogP contribution in [0.2, 0.25) is 0 Å². The largest absolute Gasteiger partial charge is 0.383 e. The molecule has 0 saturated heterocycles. The Morgan fingerprint density at radius 1 is 1.21 bits per heavy atom. The van der Waals surface area contributed by atoms with E-state index in [9.17, 15) is 4.79 Å². The molecule has 5 heteroatoms. The lowest BCUT2D eigenvalue weighted by Gasteiger charge is -2.32. The second kappa shape index (κ2) is 10.2. The van der Waals surface area contributed by atoms with Crippen LogP contribution >= 0.6 is 0 Å². The Balaban J connectivity index is 4.74. The predicted molar refractivity (Wildman–Crippen MR) is 76.9 cm³/mol. The van der Waals surface area contributed by atoms with Gasteiger partial charge in [-0.1, -0.05) is 13.8 Å². The molecule has 5 nitrogen and oxygen atoms in total. The lowest BCUT2D eigenvalue weighted by atomic mass is 9.95. The number of carbonyl (C=O) groups excluding carboxylic acids is 1. The highest BCUT2D eigenvalue weighted by atomic mass is 16.5. The molecule has 0 aromatic carbocycles. The number of nitrogens with zero attached hydrogens (tertiary/aromatic N) is 1. The minimum atomic E-state index is -0.115. The van der Waals surface area contributed by atoms with E-state index in [2.05, 4.69) is 13.8 Å². The van der Waals surface area contributed by atoms with Crippen LogP contribution in [0.5, 0.6) is 0 Å². The molecular formula is C14H30N2O3. The summed E-state index contributed by atoms with van der Waals surface area (Å²) >= 11 is 0. The van der Waals surface area contributed by atoms with Gasteiger partial charge in [0.05, 0.1) is 25.2 Å². The van der Waals surface area contributed by atoms with Crippen LogP contribution in [0.4, 0.5) is 0 Å². The minimum Gasteiger partial charge on any atom is -0.383 e. The lowest BCUT2D eigenvalue weighted by Crippen LogP contribution is -2.47. The molecule has 0 rings (SSSR count). The standard InChI is InChI=1S/C14H30N2O3/c1-11(2)8-13(9-15)14(17)16(6-7-18-4)12(3)10-19-5/h11-13H,6-10,15H2,1-5H3. The number of methoxy groups -OCH3 is 2. The molecule has 0 spiro atoms. The highest BCUT2D eigenvalue weighted by Crippen LogP contribution is 2.15. The van der Waals surface area contributed by atoms with Crippen LogP contribution in [0, 0.1) is 11.8 Å². The molecule has 0 saturated carbocycles. The highest BCUT2D eigenvalue weighted by molar-refractivity contribution is 5.79. The Morgan fingerprint density at radius 2 is 1.84 bits per heavy atom. The van der Waals surface area contributed by atoms with Gasteiger partial charge in [0.15, 0.2) is 0 Å². The Hall–Kier alpha value is -0.650. The van der Waals surface area contributed by atoms with Gasteiger partial charge in [-0.25, -0.2) is 0 Å². The third-order valence-electron chi connectivity index (χ3n) is 3.15. The zero-order valence-electron chi connectivity index (χ0n) is 13.0. The first-order valence-corrected chi connectivity index (χ1v) is 6.96. The first-order chi connectivity index (χ1) is 8.97.